The van der Waals surface area contributed by atoms with Crippen LogP contribution in [0.1, 0.15) is 24.3 Å². The topological polar surface area (TPSA) is 51.0 Å². The largest absolute Gasteiger partial charge is 0.339 e. The van der Waals surface area contributed by atoms with E-state index in [1.807, 2.05) is 0 Å². The van der Waals surface area contributed by atoms with E-state index >= 15 is 0 Å². The van der Waals surface area contributed by atoms with Crippen molar-refractivity contribution in [1.29, 1.82) is 0 Å². The third-order valence-electron chi connectivity index (χ3n) is 3.75. The highest BCUT2D eigenvalue weighted by atomic mass is 19.1. The zero-order valence-corrected chi connectivity index (χ0v) is 11.5. The monoisotopic (exact) mass is 275 g/mol. The Morgan fingerprint density at radius 1 is 1.45 bits per heavy atom. The van der Waals surface area contributed by atoms with Crippen LogP contribution in [0.5, 0.6) is 0 Å². The van der Waals surface area contributed by atoms with E-state index in [4.69, 9.17) is 4.52 Å². The van der Waals surface area contributed by atoms with E-state index in [-0.39, 0.29) is 5.82 Å². The molecule has 1 aliphatic heterocycles. The summed E-state index contributed by atoms with van der Waals surface area (Å²) >= 11 is 0. The van der Waals surface area contributed by atoms with Crippen molar-refractivity contribution in [3.63, 3.8) is 0 Å². The fourth-order valence-corrected chi connectivity index (χ4v) is 2.58. The second kappa shape index (κ2) is 5.71. The third-order valence-corrected chi connectivity index (χ3v) is 3.75. The van der Waals surface area contributed by atoms with Crippen molar-refractivity contribution in [3.05, 3.63) is 35.5 Å². The van der Waals surface area contributed by atoms with Gasteiger partial charge in [-0.05, 0) is 62.5 Å². The molecule has 1 atom stereocenters. The van der Waals surface area contributed by atoms with Crippen molar-refractivity contribution >= 4 is 0 Å². The molecule has 0 aliphatic carbocycles. The number of hydrogen-bond acceptors (Lipinski definition) is 4. The van der Waals surface area contributed by atoms with Gasteiger partial charge in [0.2, 0.25) is 11.7 Å². The molecule has 1 unspecified atom stereocenters. The summed E-state index contributed by atoms with van der Waals surface area (Å²) in [7, 11) is 0. The van der Waals surface area contributed by atoms with E-state index in [1.54, 1.807) is 19.1 Å². The summed E-state index contributed by atoms with van der Waals surface area (Å²) in [4.78, 5) is 4.42. The maximum atomic E-state index is 13.3. The normalized spacial score (nSPS) is 19.2. The van der Waals surface area contributed by atoms with Gasteiger partial charge in [-0.15, -0.1) is 0 Å². The summed E-state index contributed by atoms with van der Waals surface area (Å²) in [6, 6.07) is 4.86. The summed E-state index contributed by atoms with van der Waals surface area (Å²) in [6.07, 6.45) is 3.20. The third kappa shape index (κ3) is 2.88. The molecule has 4 nitrogen and oxygen atoms in total. The molecule has 0 radical (unpaired) electrons. The maximum absolute atomic E-state index is 13.3. The highest BCUT2D eigenvalue weighted by Crippen LogP contribution is 2.21. The fourth-order valence-electron chi connectivity index (χ4n) is 2.58. The van der Waals surface area contributed by atoms with Gasteiger partial charge in [0.05, 0.1) is 0 Å². The van der Waals surface area contributed by atoms with Crippen LogP contribution in [-0.2, 0) is 6.42 Å². The summed E-state index contributed by atoms with van der Waals surface area (Å²) in [5.74, 6) is 1.54. The van der Waals surface area contributed by atoms with Gasteiger partial charge in [-0.1, -0.05) is 5.16 Å². The lowest BCUT2D eigenvalue weighted by Gasteiger charge is -2.20. The zero-order chi connectivity index (χ0) is 13.9. The summed E-state index contributed by atoms with van der Waals surface area (Å²) < 4.78 is 18.6. The predicted octanol–water partition coefficient (Wildman–Crippen LogP) is 2.73. The number of aryl methyl sites for hydroxylation is 1. The SMILES string of the molecule is Cc1cc(-c2noc(CC3CCCNC3)n2)ccc1F. The lowest BCUT2D eigenvalue weighted by Crippen LogP contribution is -2.30. The van der Waals surface area contributed by atoms with Crippen LogP contribution in [0.4, 0.5) is 4.39 Å². The lowest BCUT2D eigenvalue weighted by molar-refractivity contribution is 0.316. The lowest BCUT2D eigenvalue weighted by atomic mass is 9.96. The first kappa shape index (κ1) is 13.2. The molecule has 5 heteroatoms. The Hall–Kier alpha value is -1.75. The standard InChI is InChI=1S/C15H18FN3O/c1-10-7-12(4-5-13(10)16)15-18-14(20-19-15)8-11-3-2-6-17-9-11/h4-5,7,11,17H,2-3,6,8-9H2,1H3. The molecule has 20 heavy (non-hydrogen) atoms. The molecular weight excluding hydrogens is 257 g/mol. The molecule has 1 N–H and O–H groups in total. The molecule has 0 saturated carbocycles. The van der Waals surface area contributed by atoms with Crippen LogP contribution in [0, 0.1) is 18.7 Å². The van der Waals surface area contributed by atoms with Crippen LogP contribution in [-0.4, -0.2) is 23.2 Å². The minimum absolute atomic E-state index is 0.217. The maximum Gasteiger partial charge on any atom is 0.227 e. The van der Waals surface area contributed by atoms with E-state index < -0.39 is 0 Å². The number of hydrogen-bond donors (Lipinski definition) is 1. The number of benzene rings is 1. The Morgan fingerprint density at radius 2 is 2.35 bits per heavy atom. The van der Waals surface area contributed by atoms with Crippen molar-refractivity contribution in [3.8, 4) is 11.4 Å². The van der Waals surface area contributed by atoms with Crippen molar-refractivity contribution in [2.45, 2.75) is 26.2 Å². The van der Waals surface area contributed by atoms with E-state index in [0.29, 0.717) is 23.2 Å². The van der Waals surface area contributed by atoms with Gasteiger partial charge in [0.25, 0.3) is 0 Å². The molecule has 3 rings (SSSR count). The average molecular weight is 275 g/mol. The first-order valence-corrected chi connectivity index (χ1v) is 7.02. The Labute approximate surface area is 117 Å². The predicted molar refractivity (Wildman–Crippen MR) is 73.7 cm³/mol. The molecule has 1 aromatic carbocycles. The Balaban J connectivity index is 1.73. The molecule has 0 amide bonds. The summed E-state index contributed by atoms with van der Waals surface area (Å²) in [5.41, 5.74) is 1.38. The van der Waals surface area contributed by atoms with Gasteiger partial charge in [0.1, 0.15) is 5.82 Å². The molecule has 0 spiro atoms. The second-order valence-electron chi connectivity index (χ2n) is 5.39. The number of piperidine rings is 1. The molecule has 1 aliphatic rings. The van der Waals surface area contributed by atoms with Gasteiger partial charge in [0, 0.05) is 12.0 Å². The van der Waals surface area contributed by atoms with Gasteiger partial charge < -0.3 is 9.84 Å². The van der Waals surface area contributed by atoms with Crippen LogP contribution >= 0.6 is 0 Å². The van der Waals surface area contributed by atoms with Gasteiger partial charge in [0.15, 0.2) is 0 Å². The van der Waals surface area contributed by atoms with Gasteiger partial charge in [-0.2, -0.15) is 4.98 Å². The van der Waals surface area contributed by atoms with Crippen LogP contribution in [0.2, 0.25) is 0 Å². The first-order valence-electron chi connectivity index (χ1n) is 7.02. The molecule has 1 aromatic heterocycles. The molecule has 2 aromatic rings. The first-order chi connectivity index (χ1) is 9.72. The second-order valence-corrected chi connectivity index (χ2v) is 5.39. The van der Waals surface area contributed by atoms with E-state index in [1.165, 1.54) is 18.9 Å². The van der Waals surface area contributed by atoms with Gasteiger partial charge in [-0.3, -0.25) is 0 Å². The smallest absolute Gasteiger partial charge is 0.227 e. The highest BCUT2D eigenvalue weighted by molar-refractivity contribution is 5.55. The minimum atomic E-state index is -0.217. The van der Waals surface area contributed by atoms with Crippen LogP contribution < -0.4 is 5.32 Å². The zero-order valence-electron chi connectivity index (χ0n) is 11.5. The van der Waals surface area contributed by atoms with E-state index in [2.05, 4.69) is 15.5 Å². The number of halogens is 1. The molecule has 0 bridgehead atoms. The van der Waals surface area contributed by atoms with Crippen LogP contribution in [0.3, 0.4) is 0 Å². The van der Waals surface area contributed by atoms with E-state index in [0.717, 1.165) is 25.1 Å². The van der Waals surface area contributed by atoms with Gasteiger partial charge >= 0.3 is 0 Å². The van der Waals surface area contributed by atoms with Crippen molar-refractivity contribution in [2.75, 3.05) is 13.1 Å². The number of rotatable bonds is 3. The Bertz CT molecular complexity index is 591. The molecule has 106 valence electrons. The summed E-state index contributed by atoms with van der Waals surface area (Å²) in [6.45, 7) is 3.83. The molecule has 2 heterocycles. The average Bonchev–Trinajstić information content (AvgIpc) is 2.91. The van der Waals surface area contributed by atoms with Crippen molar-refractivity contribution in [1.82, 2.24) is 15.5 Å². The summed E-state index contributed by atoms with van der Waals surface area (Å²) in [5, 5.41) is 7.37. The number of nitrogens with zero attached hydrogens (tertiary/aromatic N) is 2. The highest BCUT2D eigenvalue weighted by Gasteiger charge is 2.17. The van der Waals surface area contributed by atoms with Gasteiger partial charge in [-0.25, -0.2) is 4.39 Å². The fraction of sp³-hybridized carbons (Fsp3) is 0.467. The molecule has 1 fully saturated rings. The van der Waals surface area contributed by atoms with Crippen molar-refractivity contribution in [2.24, 2.45) is 5.92 Å². The number of nitrogens with one attached hydrogen (secondary N) is 1. The Morgan fingerprint density at radius 3 is 3.10 bits per heavy atom. The minimum Gasteiger partial charge on any atom is -0.339 e. The van der Waals surface area contributed by atoms with Crippen molar-refractivity contribution < 1.29 is 8.91 Å². The van der Waals surface area contributed by atoms with Crippen LogP contribution in [0.15, 0.2) is 22.7 Å². The number of aromatic nitrogens is 2. The molecular formula is C15H18FN3O. The Kier molecular flexibility index (Phi) is 3.78. The quantitative estimate of drug-likeness (QED) is 0.935. The van der Waals surface area contributed by atoms with E-state index in [9.17, 15) is 4.39 Å². The molecule has 1 saturated heterocycles. The van der Waals surface area contributed by atoms with Crippen LogP contribution in [0.25, 0.3) is 11.4 Å².